The predicted molar refractivity (Wildman–Crippen MR) is 73.3 cm³/mol. The maximum absolute atomic E-state index is 5.77. The first-order valence-electron chi connectivity index (χ1n) is 6.30. The highest BCUT2D eigenvalue weighted by atomic mass is 16.5. The minimum atomic E-state index is 0.191. The van der Waals surface area contributed by atoms with Gasteiger partial charge in [-0.15, -0.1) is 0 Å². The van der Waals surface area contributed by atoms with Gasteiger partial charge in [-0.2, -0.15) is 0 Å². The Balaban J connectivity index is 3.90. The normalized spacial score (nSPS) is 14.4. The van der Waals surface area contributed by atoms with Gasteiger partial charge in [-0.05, 0) is 27.3 Å². The smallest absolute Gasteiger partial charge is 0.188 e. The van der Waals surface area contributed by atoms with Crippen molar-refractivity contribution in [3.8, 4) is 0 Å². The monoisotopic (exact) mass is 244 g/mol. The van der Waals surface area contributed by atoms with Crippen LogP contribution in [0.4, 0.5) is 0 Å². The molecule has 0 heterocycles. The van der Waals surface area contributed by atoms with E-state index in [4.69, 9.17) is 10.5 Å². The van der Waals surface area contributed by atoms with Gasteiger partial charge in [0.15, 0.2) is 5.96 Å². The lowest BCUT2D eigenvalue weighted by Gasteiger charge is -2.23. The van der Waals surface area contributed by atoms with Crippen LogP contribution in [0.15, 0.2) is 4.99 Å². The van der Waals surface area contributed by atoms with E-state index in [9.17, 15) is 0 Å². The molecule has 1 atom stereocenters. The fraction of sp³-hybridized carbons (Fsp3) is 0.917. The summed E-state index contributed by atoms with van der Waals surface area (Å²) in [6.07, 6.45) is 0. The summed E-state index contributed by atoms with van der Waals surface area (Å²) in [5, 5.41) is 3.09. The maximum Gasteiger partial charge on any atom is 0.188 e. The summed E-state index contributed by atoms with van der Waals surface area (Å²) in [5.41, 5.74) is 5.77. The fourth-order valence-electron chi connectivity index (χ4n) is 1.67. The molecular weight excluding hydrogens is 216 g/mol. The Kier molecular flexibility index (Phi) is 8.80. The second-order valence-corrected chi connectivity index (χ2v) is 4.49. The lowest BCUT2D eigenvalue weighted by Crippen LogP contribution is -2.41. The summed E-state index contributed by atoms with van der Waals surface area (Å²) in [6.45, 7) is 11.9. The number of aliphatic imine (C=N–C) groups is 1. The zero-order valence-corrected chi connectivity index (χ0v) is 11.9. The molecule has 0 rings (SSSR count). The van der Waals surface area contributed by atoms with Crippen LogP contribution in [0.25, 0.3) is 0 Å². The van der Waals surface area contributed by atoms with Crippen molar-refractivity contribution in [3.63, 3.8) is 0 Å². The first-order chi connectivity index (χ1) is 8.01. The second-order valence-electron chi connectivity index (χ2n) is 4.49. The summed E-state index contributed by atoms with van der Waals surface area (Å²) >= 11 is 0. The summed E-state index contributed by atoms with van der Waals surface area (Å²) in [4.78, 5) is 6.66. The molecule has 0 aromatic carbocycles. The molecule has 0 aliphatic carbocycles. The van der Waals surface area contributed by atoms with E-state index < -0.39 is 0 Å². The number of ether oxygens (including phenoxy) is 1. The van der Waals surface area contributed by atoms with Crippen LogP contribution in [-0.4, -0.2) is 56.3 Å². The standard InChI is InChI=1S/C12H28N4O/c1-6-16(10(2)3)8-7-14-12(13)15-11(4)9-17-5/h10-11H,6-9H2,1-5H3,(H3,13,14,15)/t11-/m0/s1. The third kappa shape index (κ3) is 7.99. The molecule has 5 nitrogen and oxygen atoms in total. The van der Waals surface area contributed by atoms with E-state index in [0.717, 1.165) is 19.6 Å². The maximum atomic E-state index is 5.77. The van der Waals surface area contributed by atoms with Gasteiger partial charge in [0.2, 0.25) is 0 Å². The van der Waals surface area contributed by atoms with Gasteiger partial charge in [0, 0.05) is 25.7 Å². The molecule has 0 aromatic heterocycles. The summed E-state index contributed by atoms with van der Waals surface area (Å²) in [6, 6.07) is 0.743. The van der Waals surface area contributed by atoms with Crippen molar-refractivity contribution in [2.24, 2.45) is 10.7 Å². The van der Waals surface area contributed by atoms with Crippen LogP contribution >= 0.6 is 0 Å². The van der Waals surface area contributed by atoms with Crippen LogP contribution in [0, 0.1) is 0 Å². The van der Waals surface area contributed by atoms with Crippen molar-refractivity contribution in [2.75, 3.05) is 33.4 Å². The first kappa shape index (κ1) is 16.2. The Labute approximate surface area is 105 Å². The number of guanidine groups is 1. The molecule has 0 radical (unpaired) electrons. The van der Waals surface area contributed by atoms with Crippen LogP contribution in [0.3, 0.4) is 0 Å². The average molecular weight is 244 g/mol. The number of nitrogens with zero attached hydrogens (tertiary/aromatic N) is 2. The van der Waals surface area contributed by atoms with E-state index in [0.29, 0.717) is 18.6 Å². The molecule has 17 heavy (non-hydrogen) atoms. The fourth-order valence-corrected chi connectivity index (χ4v) is 1.67. The summed E-state index contributed by atoms with van der Waals surface area (Å²) < 4.78 is 5.01. The van der Waals surface area contributed by atoms with Gasteiger partial charge in [-0.1, -0.05) is 6.92 Å². The van der Waals surface area contributed by atoms with Crippen molar-refractivity contribution in [1.29, 1.82) is 0 Å². The number of rotatable bonds is 8. The van der Waals surface area contributed by atoms with Crippen LogP contribution in [-0.2, 0) is 4.74 Å². The zero-order chi connectivity index (χ0) is 13.3. The molecule has 0 aliphatic rings. The van der Waals surface area contributed by atoms with E-state index in [1.807, 2.05) is 6.92 Å². The van der Waals surface area contributed by atoms with E-state index in [2.05, 4.69) is 36.0 Å². The molecule has 0 saturated heterocycles. The Morgan fingerprint density at radius 3 is 2.53 bits per heavy atom. The predicted octanol–water partition coefficient (Wildman–Crippen LogP) is 0.656. The van der Waals surface area contributed by atoms with Crippen LogP contribution in [0.2, 0.25) is 0 Å². The Morgan fingerprint density at radius 1 is 1.41 bits per heavy atom. The Morgan fingerprint density at radius 2 is 2.06 bits per heavy atom. The van der Waals surface area contributed by atoms with E-state index >= 15 is 0 Å². The molecule has 0 bridgehead atoms. The Hall–Kier alpha value is -0.810. The Bertz CT molecular complexity index is 219. The van der Waals surface area contributed by atoms with E-state index in [-0.39, 0.29) is 6.04 Å². The SMILES string of the molecule is CCN(CCN=C(N)N[C@@H](C)COC)C(C)C. The topological polar surface area (TPSA) is 62.9 Å². The molecule has 0 unspecified atom stereocenters. The minimum Gasteiger partial charge on any atom is -0.383 e. The summed E-state index contributed by atoms with van der Waals surface area (Å²) in [7, 11) is 1.67. The number of likely N-dealkylation sites (N-methyl/N-ethyl adjacent to an activating group) is 1. The van der Waals surface area contributed by atoms with Gasteiger partial charge < -0.3 is 15.8 Å². The van der Waals surface area contributed by atoms with Crippen molar-refractivity contribution in [2.45, 2.75) is 39.8 Å². The van der Waals surface area contributed by atoms with Gasteiger partial charge in [-0.25, -0.2) is 0 Å². The molecule has 3 N–H and O–H groups in total. The molecule has 0 amide bonds. The molecule has 102 valence electrons. The van der Waals surface area contributed by atoms with Crippen molar-refractivity contribution < 1.29 is 4.74 Å². The van der Waals surface area contributed by atoms with Crippen LogP contribution < -0.4 is 11.1 Å². The third-order valence-corrected chi connectivity index (χ3v) is 2.62. The average Bonchev–Trinajstić information content (AvgIpc) is 2.24. The molecule has 0 spiro atoms. The molecular formula is C12H28N4O. The molecule has 0 aromatic rings. The minimum absolute atomic E-state index is 0.191. The van der Waals surface area contributed by atoms with Gasteiger partial charge in [0.25, 0.3) is 0 Å². The highest BCUT2D eigenvalue weighted by Gasteiger charge is 2.06. The largest absolute Gasteiger partial charge is 0.383 e. The van der Waals surface area contributed by atoms with Crippen LogP contribution in [0.1, 0.15) is 27.7 Å². The van der Waals surface area contributed by atoms with Crippen molar-refractivity contribution >= 4 is 5.96 Å². The number of hydrogen-bond donors (Lipinski definition) is 2. The molecule has 0 saturated carbocycles. The van der Waals surface area contributed by atoms with Crippen LogP contribution in [0.5, 0.6) is 0 Å². The quantitative estimate of drug-likeness (QED) is 0.486. The molecule has 0 fully saturated rings. The van der Waals surface area contributed by atoms with Gasteiger partial charge >= 0.3 is 0 Å². The lowest BCUT2D eigenvalue weighted by atomic mass is 10.3. The van der Waals surface area contributed by atoms with Gasteiger partial charge in [-0.3, -0.25) is 9.89 Å². The number of nitrogens with one attached hydrogen (secondary N) is 1. The van der Waals surface area contributed by atoms with E-state index in [1.165, 1.54) is 0 Å². The second kappa shape index (κ2) is 9.24. The van der Waals surface area contributed by atoms with Crippen molar-refractivity contribution in [3.05, 3.63) is 0 Å². The highest BCUT2D eigenvalue weighted by Crippen LogP contribution is 1.96. The van der Waals surface area contributed by atoms with Gasteiger partial charge in [0.05, 0.1) is 13.2 Å². The summed E-state index contributed by atoms with van der Waals surface area (Å²) in [5.74, 6) is 0.495. The first-order valence-corrected chi connectivity index (χ1v) is 6.30. The van der Waals surface area contributed by atoms with Gasteiger partial charge in [0.1, 0.15) is 0 Å². The molecule has 5 heteroatoms. The number of nitrogens with two attached hydrogens (primary N) is 1. The number of methoxy groups -OCH3 is 1. The lowest BCUT2D eigenvalue weighted by molar-refractivity contribution is 0.179. The molecule has 0 aliphatic heterocycles. The van der Waals surface area contributed by atoms with E-state index in [1.54, 1.807) is 7.11 Å². The highest BCUT2D eigenvalue weighted by molar-refractivity contribution is 5.78. The van der Waals surface area contributed by atoms with Crippen molar-refractivity contribution in [1.82, 2.24) is 10.2 Å². The third-order valence-electron chi connectivity index (χ3n) is 2.62. The zero-order valence-electron chi connectivity index (χ0n) is 11.9. The number of hydrogen-bond acceptors (Lipinski definition) is 3.